The molecule has 2 N–H and O–H groups in total. The minimum atomic E-state index is -0.0555. The van der Waals surface area contributed by atoms with E-state index in [2.05, 4.69) is 5.32 Å². The van der Waals surface area contributed by atoms with Gasteiger partial charge in [-0.15, -0.1) is 0 Å². The Bertz CT molecular complexity index is 655. The van der Waals surface area contributed by atoms with Gasteiger partial charge in [0.25, 0.3) is 0 Å². The number of hydrogen-bond acceptors (Lipinski definition) is 3. The van der Waals surface area contributed by atoms with E-state index in [4.69, 9.17) is 16.3 Å². The van der Waals surface area contributed by atoms with Gasteiger partial charge >= 0.3 is 0 Å². The van der Waals surface area contributed by atoms with Crippen LogP contribution in [0.5, 0.6) is 11.5 Å². The normalized spacial score (nSPS) is 12.0. The molecule has 2 rings (SSSR count). The van der Waals surface area contributed by atoms with Gasteiger partial charge in [0.15, 0.2) is 0 Å². The molecule has 0 aliphatic rings. The molecular weight excluding hydrogens is 286 g/mol. The number of ether oxygens (including phenoxy) is 1. The van der Waals surface area contributed by atoms with Crippen molar-refractivity contribution >= 4 is 17.3 Å². The molecule has 0 radical (unpaired) electrons. The maximum Gasteiger partial charge on any atom is 0.143 e. The molecule has 1 atom stereocenters. The van der Waals surface area contributed by atoms with Gasteiger partial charge in [0.05, 0.1) is 18.8 Å². The zero-order valence-electron chi connectivity index (χ0n) is 12.7. The van der Waals surface area contributed by atoms with Crippen LogP contribution in [0.2, 0.25) is 5.02 Å². The van der Waals surface area contributed by atoms with E-state index >= 15 is 0 Å². The highest BCUT2D eigenvalue weighted by Gasteiger charge is 2.14. The van der Waals surface area contributed by atoms with Crippen molar-refractivity contribution in [1.82, 2.24) is 0 Å². The third-order valence-electron chi connectivity index (χ3n) is 3.51. The van der Waals surface area contributed by atoms with Crippen LogP contribution < -0.4 is 10.1 Å². The first kappa shape index (κ1) is 15.5. The fourth-order valence-electron chi connectivity index (χ4n) is 2.28. The summed E-state index contributed by atoms with van der Waals surface area (Å²) in [6.07, 6.45) is 0. The molecule has 3 nitrogen and oxygen atoms in total. The summed E-state index contributed by atoms with van der Waals surface area (Å²) >= 11 is 6.11. The molecule has 0 saturated heterocycles. The van der Waals surface area contributed by atoms with E-state index in [0.717, 1.165) is 22.4 Å². The topological polar surface area (TPSA) is 41.5 Å². The van der Waals surface area contributed by atoms with E-state index in [1.54, 1.807) is 19.2 Å². The molecular formula is C17H20ClNO2. The van der Waals surface area contributed by atoms with E-state index in [9.17, 15) is 5.11 Å². The van der Waals surface area contributed by atoms with Crippen LogP contribution in [-0.4, -0.2) is 12.2 Å². The lowest BCUT2D eigenvalue weighted by atomic mass is 10.0. The highest BCUT2D eigenvalue weighted by Crippen LogP contribution is 2.35. The summed E-state index contributed by atoms with van der Waals surface area (Å²) in [6.45, 7) is 5.89. The minimum absolute atomic E-state index is 0.0555. The van der Waals surface area contributed by atoms with Crippen molar-refractivity contribution in [2.75, 3.05) is 12.4 Å². The predicted molar refractivity (Wildman–Crippen MR) is 87.6 cm³/mol. The molecule has 112 valence electrons. The lowest BCUT2D eigenvalue weighted by molar-refractivity contribution is 0.416. The number of rotatable bonds is 4. The van der Waals surface area contributed by atoms with Gasteiger partial charge in [0.1, 0.15) is 11.5 Å². The van der Waals surface area contributed by atoms with E-state index < -0.39 is 0 Å². The van der Waals surface area contributed by atoms with Gasteiger partial charge < -0.3 is 15.2 Å². The summed E-state index contributed by atoms with van der Waals surface area (Å²) in [7, 11) is 1.61. The van der Waals surface area contributed by atoms with Crippen molar-refractivity contribution in [3.63, 3.8) is 0 Å². The highest BCUT2D eigenvalue weighted by atomic mass is 35.5. The van der Waals surface area contributed by atoms with Crippen molar-refractivity contribution in [2.24, 2.45) is 0 Å². The number of aryl methyl sites for hydroxylation is 2. The monoisotopic (exact) mass is 305 g/mol. The average molecular weight is 306 g/mol. The third kappa shape index (κ3) is 3.42. The zero-order chi connectivity index (χ0) is 15.6. The fraction of sp³-hybridized carbons (Fsp3) is 0.294. The van der Waals surface area contributed by atoms with Crippen LogP contribution in [0.25, 0.3) is 0 Å². The van der Waals surface area contributed by atoms with Gasteiger partial charge in [0, 0.05) is 16.7 Å². The smallest absolute Gasteiger partial charge is 0.143 e. The fourth-order valence-corrected chi connectivity index (χ4v) is 2.43. The molecule has 0 fully saturated rings. The summed E-state index contributed by atoms with van der Waals surface area (Å²) in [6, 6.07) is 9.36. The Morgan fingerprint density at radius 3 is 2.52 bits per heavy atom. The van der Waals surface area contributed by atoms with E-state index in [1.807, 2.05) is 39.0 Å². The summed E-state index contributed by atoms with van der Waals surface area (Å²) in [4.78, 5) is 0. The van der Waals surface area contributed by atoms with Gasteiger partial charge in [0.2, 0.25) is 0 Å². The molecule has 0 bridgehead atoms. The summed E-state index contributed by atoms with van der Waals surface area (Å²) in [5.74, 6) is 0.976. The maximum absolute atomic E-state index is 10.1. The second kappa shape index (κ2) is 6.27. The van der Waals surface area contributed by atoms with Gasteiger partial charge in [-0.2, -0.15) is 0 Å². The number of halogens is 1. The molecule has 0 aromatic heterocycles. The Hall–Kier alpha value is -1.87. The number of benzene rings is 2. The summed E-state index contributed by atoms with van der Waals surface area (Å²) in [5.41, 5.74) is 3.70. The number of hydrogen-bond donors (Lipinski definition) is 2. The number of phenolic OH excluding ortho intramolecular Hbond substituents is 1. The van der Waals surface area contributed by atoms with Gasteiger partial charge in [-0.05, 0) is 44.0 Å². The Morgan fingerprint density at radius 1 is 1.19 bits per heavy atom. The second-order valence-corrected chi connectivity index (χ2v) is 5.64. The number of aromatic hydroxyl groups is 1. The zero-order valence-corrected chi connectivity index (χ0v) is 13.5. The second-order valence-electron chi connectivity index (χ2n) is 5.23. The van der Waals surface area contributed by atoms with Crippen molar-refractivity contribution in [2.45, 2.75) is 26.8 Å². The summed E-state index contributed by atoms with van der Waals surface area (Å²) < 4.78 is 5.36. The van der Waals surface area contributed by atoms with E-state index in [0.29, 0.717) is 16.5 Å². The van der Waals surface area contributed by atoms with Crippen LogP contribution in [0.1, 0.15) is 29.7 Å². The molecule has 0 spiro atoms. The Morgan fingerprint density at radius 2 is 1.90 bits per heavy atom. The minimum Gasteiger partial charge on any atom is -0.508 e. The first-order chi connectivity index (χ1) is 9.92. The molecule has 4 heteroatoms. The molecule has 1 unspecified atom stereocenters. The lowest BCUT2D eigenvalue weighted by Gasteiger charge is -2.20. The molecule has 0 heterocycles. The highest BCUT2D eigenvalue weighted by molar-refractivity contribution is 6.31. The van der Waals surface area contributed by atoms with Crippen LogP contribution in [0, 0.1) is 13.8 Å². The molecule has 0 amide bonds. The molecule has 21 heavy (non-hydrogen) atoms. The summed E-state index contributed by atoms with van der Waals surface area (Å²) in [5, 5.41) is 14.1. The number of nitrogens with one attached hydrogen (secondary N) is 1. The number of methoxy groups -OCH3 is 1. The van der Waals surface area contributed by atoms with Crippen LogP contribution in [0.15, 0.2) is 30.3 Å². The molecule has 0 aliphatic carbocycles. The van der Waals surface area contributed by atoms with Gasteiger partial charge in [-0.1, -0.05) is 23.7 Å². The van der Waals surface area contributed by atoms with Crippen molar-refractivity contribution in [3.8, 4) is 11.5 Å². The first-order valence-electron chi connectivity index (χ1n) is 6.82. The predicted octanol–water partition coefficient (Wildman–Crippen LogP) is 4.84. The van der Waals surface area contributed by atoms with Crippen molar-refractivity contribution in [1.29, 1.82) is 0 Å². The standard InChI is InChI=1S/C17H20ClNO2/c1-10-5-6-13(16(20)7-10)12(3)19-15-8-11(2)14(18)9-17(15)21-4/h5-9,12,19-20H,1-4H3. The Balaban J connectivity index is 2.31. The Labute approximate surface area is 130 Å². The number of anilines is 1. The van der Waals surface area contributed by atoms with E-state index in [1.165, 1.54) is 0 Å². The maximum atomic E-state index is 10.1. The van der Waals surface area contributed by atoms with Gasteiger partial charge in [-0.25, -0.2) is 0 Å². The van der Waals surface area contributed by atoms with Crippen molar-refractivity contribution < 1.29 is 9.84 Å². The largest absolute Gasteiger partial charge is 0.508 e. The third-order valence-corrected chi connectivity index (χ3v) is 3.91. The Kier molecular flexibility index (Phi) is 4.63. The molecule has 2 aromatic carbocycles. The lowest BCUT2D eigenvalue weighted by Crippen LogP contribution is -2.08. The van der Waals surface area contributed by atoms with Crippen LogP contribution >= 0.6 is 11.6 Å². The first-order valence-corrected chi connectivity index (χ1v) is 7.20. The molecule has 2 aromatic rings. The molecule has 0 saturated carbocycles. The average Bonchev–Trinajstić information content (AvgIpc) is 2.42. The van der Waals surface area contributed by atoms with E-state index in [-0.39, 0.29) is 6.04 Å². The SMILES string of the molecule is COc1cc(Cl)c(C)cc1NC(C)c1ccc(C)cc1O. The van der Waals surface area contributed by atoms with Crippen LogP contribution in [0.3, 0.4) is 0 Å². The van der Waals surface area contributed by atoms with Gasteiger partial charge in [-0.3, -0.25) is 0 Å². The quantitative estimate of drug-likeness (QED) is 0.849. The molecule has 0 aliphatic heterocycles. The van der Waals surface area contributed by atoms with Crippen LogP contribution in [-0.2, 0) is 0 Å². The van der Waals surface area contributed by atoms with Crippen LogP contribution in [0.4, 0.5) is 5.69 Å². The number of phenols is 1. The van der Waals surface area contributed by atoms with Crippen molar-refractivity contribution in [3.05, 3.63) is 52.0 Å².